The summed E-state index contributed by atoms with van der Waals surface area (Å²) in [6.45, 7) is 0. The first kappa shape index (κ1) is 10.2. The molecule has 78 valence electrons. The number of hydrogen-bond acceptors (Lipinski definition) is 2. The van der Waals surface area contributed by atoms with Crippen LogP contribution in [0.1, 0.15) is 5.56 Å². The highest BCUT2D eigenvalue weighted by molar-refractivity contribution is 5.69. The summed E-state index contributed by atoms with van der Waals surface area (Å²) in [5, 5.41) is 8.84. The Balaban J connectivity index is 2.61. The molecule has 16 heavy (non-hydrogen) atoms. The van der Waals surface area contributed by atoms with E-state index in [2.05, 4.69) is 4.98 Å². The smallest absolute Gasteiger partial charge is 0.142 e. The summed E-state index contributed by atoms with van der Waals surface area (Å²) in [5.74, 6) is -0.990. The molecule has 2 rings (SSSR count). The number of pyridine rings is 1. The zero-order valence-corrected chi connectivity index (χ0v) is 8.11. The van der Waals surface area contributed by atoms with Gasteiger partial charge in [-0.05, 0) is 18.2 Å². The van der Waals surface area contributed by atoms with Gasteiger partial charge in [-0.15, -0.1) is 0 Å². The minimum atomic E-state index is -0.496. The molecular weight excluding hydrogens is 210 g/mol. The molecule has 2 aromatic rings. The van der Waals surface area contributed by atoms with Gasteiger partial charge in [0, 0.05) is 17.3 Å². The Bertz CT molecular complexity index is 573. The van der Waals surface area contributed by atoms with Gasteiger partial charge in [0.2, 0.25) is 0 Å². The fraction of sp³-hybridized carbons (Fsp3) is 0. The van der Waals surface area contributed by atoms with Crippen molar-refractivity contribution in [2.24, 2.45) is 0 Å². The lowest BCUT2D eigenvalue weighted by atomic mass is 10.0. The van der Waals surface area contributed by atoms with Gasteiger partial charge in [-0.3, -0.25) is 4.98 Å². The highest BCUT2D eigenvalue weighted by Crippen LogP contribution is 2.23. The maximum absolute atomic E-state index is 12.9. The van der Waals surface area contributed by atoms with Crippen LogP contribution in [0, 0.1) is 23.0 Å². The minimum Gasteiger partial charge on any atom is -0.261 e. The second-order valence-corrected chi connectivity index (χ2v) is 3.19. The maximum atomic E-state index is 12.9. The van der Waals surface area contributed by atoms with E-state index in [1.807, 2.05) is 6.07 Å². The molecule has 0 N–H and O–H groups in total. The number of rotatable bonds is 1. The average molecular weight is 216 g/mol. The molecule has 0 aliphatic heterocycles. The summed E-state index contributed by atoms with van der Waals surface area (Å²) in [6.07, 6.45) is 2.50. The topological polar surface area (TPSA) is 36.7 Å². The first-order valence-corrected chi connectivity index (χ1v) is 4.51. The highest BCUT2D eigenvalue weighted by atomic mass is 19.1. The molecule has 0 radical (unpaired) electrons. The average Bonchev–Trinajstić information content (AvgIpc) is 2.28. The van der Waals surface area contributed by atoms with Gasteiger partial charge in [-0.25, -0.2) is 8.78 Å². The van der Waals surface area contributed by atoms with Crippen molar-refractivity contribution in [3.8, 4) is 17.2 Å². The molecule has 0 amide bonds. The van der Waals surface area contributed by atoms with E-state index in [0.29, 0.717) is 11.1 Å². The third kappa shape index (κ3) is 1.89. The zero-order valence-electron chi connectivity index (χ0n) is 8.11. The van der Waals surface area contributed by atoms with Crippen molar-refractivity contribution in [2.45, 2.75) is 0 Å². The van der Waals surface area contributed by atoms with Crippen LogP contribution in [-0.2, 0) is 0 Å². The van der Waals surface area contributed by atoms with Crippen LogP contribution in [0.5, 0.6) is 0 Å². The van der Waals surface area contributed by atoms with Gasteiger partial charge in [-0.2, -0.15) is 5.26 Å². The Kier molecular flexibility index (Phi) is 2.61. The van der Waals surface area contributed by atoms with Gasteiger partial charge in [0.1, 0.15) is 11.6 Å². The SMILES string of the molecule is N#Cc1cc(F)ccc1-c1cncc(F)c1. The molecule has 0 atom stereocenters. The quantitative estimate of drug-likeness (QED) is 0.734. The fourth-order valence-corrected chi connectivity index (χ4v) is 1.42. The van der Waals surface area contributed by atoms with Gasteiger partial charge in [0.05, 0.1) is 17.8 Å². The van der Waals surface area contributed by atoms with E-state index >= 15 is 0 Å². The number of halogens is 2. The van der Waals surface area contributed by atoms with E-state index in [-0.39, 0.29) is 5.56 Å². The van der Waals surface area contributed by atoms with Crippen molar-refractivity contribution in [3.63, 3.8) is 0 Å². The second kappa shape index (κ2) is 4.07. The van der Waals surface area contributed by atoms with Gasteiger partial charge in [-0.1, -0.05) is 6.07 Å². The molecule has 0 saturated heterocycles. The first-order valence-electron chi connectivity index (χ1n) is 4.51. The predicted octanol–water partition coefficient (Wildman–Crippen LogP) is 2.90. The van der Waals surface area contributed by atoms with Crippen molar-refractivity contribution in [3.05, 3.63) is 53.9 Å². The summed E-state index contributed by atoms with van der Waals surface area (Å²) in [7, 11) is 0. The molecule has 0 aliphatic rings. The summed E-state index contributed by atoms with van der Waals surface area (Å²) < 4.78 is 25.8. The van der Waals surface area contributed by atoms with Crippen molar-refractivity contribution in [2.75, 3.05) is 0 Å². The van der Waals surface area contributed by atoms with E-state index in [1.165, 1.54) is 24.4 Å². The van der Waals surface area contributed by atoms with E-state index < -0.39 is 11.6 Å². The van der Waals surface area contributed by atoms with Crippen LogP contribution in [0.15, 0.2) is 36.7 Å². The van der Waals surface area contributed by atoms with Crippen LogP contribution in [0.25, 0.3) is 11.1 Å². The minimum absolute atomic E-state index is 0.160. The number of hydrogen-bond donors (Lipinski definition) is 0. The highest BCUT2D eigenvalue weighted by Gasteiger charge is 2.07. The summed E-state index contributed by atoms with van der Waals surface area (Å²) in [5.41, 5.74) is 1.08. The molecule has 1 heterocycles. The van der Waals surface area contributed by atoms with E-state index in [1.54, 1.807) is 0 Å². The number of benzene rings is 1. The molecule has 0 saturated carbocycles. The lowest BCUT2D eigenvalue weighted by Gasteiger charge is -2.03. The molecule has 0 unspecified atom stereocenters. The van der Waals surface area contributed by atoms with E-state index in [9.17, 15) is 8.78 Å². The predicted molar refractivity (Wildman–Crippen MR) is 54.3 cm³/mol. The van der Waals surface area contributed by atoms with Crippen LogP contribution >= 0.6 is 0 Å². The van der Waals surface area contributed by atoms with Crippen LogP contribution in [0.4, 0.5) is 8.78 Å². The second-order valence-electron chi connectivity index (χ2n) is 3.19. The van der Waals surface area contributed by atoms with E-state index in [4.69, 9.17) is 5.26 Å². The number of nitrogens with zero attached hydrogens (tertiary/aromatic N) is 2. The Morgan fingerprint density at radius 1 is 1.06 bits per heavy atom. The Hall–Kier alpha value is -2.28. The van der Waals surface area contributed by atoms with Crippen molar-refractivity contribution in [1.29, 1.82) is 5.26 Å². The number of nitriles is 1. The lowest BCUT2D eigenvalue weighted by molar-refractivity contribution is 0.622. The molecule has 1 aromatic carbocycles. The molecule has 0 fully saturated rings. The number of aromatic nitrogens is 1. The van der Waals surface area contributed by atoms with Crippen molar-refractivity contribution >= 4 is 0 Å². The standard InChI is InChI=1S/C12H6F2N2/c13-10-1-2-12(8(3-10)5-15)9-4-11(14)7-16-6-9/h1-4,6-7H. The van der Waals surface area contributed by atoms with Gasteiger partial charge in [0.15, 0.2) is 0 Å². The van der Waals surface area contributed by atoms with Crippen molar-refractivity contribution < 1.29 is 8.78 Å². The fourth-order valence-electron chi connectivity index (χ4n) is 1.42. The normalized spacial score (nSPS) is 9.81. The monoisotopic (exact) mass is 216 g/mol. The first-order chi connectivity index (χ1) is 7.70. The van der Waals surface area contributed by atoms with Crippen LogP contribution in [-0.4, -0.2) is 4.98 Å². The van der Waals surface area contributed by atoms with Crippen molar-refractivity contribution in [1.82, 2.24) is 4.98 Å². The summed E-state index contributed by atoms with van der Waals surface area (Å²) >= 11 is 0. The maximum Gasteiger partial charge on any atom is 0.142 e. The molecule has 2 nitrogen and oxygen atoms in total. The zero-order chi connectivity index (χ0) is 11.5. The molecule has 4 heteroatoms. The van der Waals surface area contributed by atoms with Crippen LogP contribution in [0.2, 0.25) is 0 Å². The lowest BCUT2D eigenvalue weighted by Crippen LogP contribution is -1.88. The van der Waals surface area contributed by atoms with E-state index in [0.717, 1.165) is 12.3 Å². The molecular formula is C12H6F2N2. The molecule has 0 bridgehead atoms. The van der Waals surface area contributed by atoms with Crippen LogP contribution in [0.3, 0.4) is 0 Å². The summed E-state index contributed by atoms with van der Waals surface area (Å²) in [6, 6.07) is 6.88. The molecule has 1 aromatic heterocycles. The van der Waals surface area contributed by atoms with Crippen LogP contribution < -0.4 is 0 Å². The summed E-state index contributed by atoms with van der Waals surface area (Å²) in [4.78, 5) is 3.68. The Labute approximate surface area is 90.8 Å². The largest absolute Gasteiger partial charge is 0.261 e. The third-order valence-electron chi connectivity index (χ3n) is 2.12. The van der Waals surface area contributed by atoms with Gasteiger partial charge >= 0.3 is 0 Å². The van der Waals surface area contributed by atoms with Gasteiger partial charge < -0.3 is 0 Å². The Morgan fingerprint density at radius 3 is 2.56 bits per heavy atom. The Morgan fingerprint density at radius 2 is 1.88 bits per heavy atom. The molecule has 0 aliphatic carbocycles. The van der Waals surface area contributed by atoms with Gasteiger partial charge in [0.25, 0.3) is 0 Å². The molecule has 0 spiro atoms. The third-order valence-corrected chi connectivity index (χ3v) is 2.12.